The maximum atomic E-state index is 12.4. The molecule has 1 aliphatic heterocycles. The largest absolute Gasteiger partial charge is 0.396 e. The highest BCUT2D eigenvalue weighted by Crippen LogP contribution is 2.23. The van der Waals surface area contributed by atoms with Crippen molar-refractivity contribution >= 4 is 5.91 Å². The first kappa shape index (κ1) is 14.0. The summed E-state index contributed by atoms with van der Waals surface area (Å²) in [7, 11) is 0. The van der Waals surface area contributed by atoms with Crippen LogP contribution in [0.1, 0.15) is 37.4 Å². The predicted molar refractivity (Wildman–Crippen MR) is 74.8 cm³/mol. The molecule has 4 nitrogen and oxygen atoms in total. The Morgan fingerprint density at radius 1 is 1.47 bits per heavy atom. The summed E-state index contributed by atoms with van der Waals surface area (Å²) in [5, 5.41) is 15.3. The van der Waals surface area contributed by atoms with Crippen LogP contribution in [0.25, 0.3) is 0 Å². The highest BCUT2D eigenvalue weighted by atomic mass is 16.3. The van der Waals surface area contributed by atoms with Crippen LogP contribution in [0, 0.1) is 0 Å². The molecule has 1 amide bonds. The first-order valence-electron chi connectivity index (χ1n) is 6.77. The van der Waals surface area contributed by atoms with Gasteiger partial charge in [0.15, 0.2) is 0 Å². The third kappa shape index (κ3) is 3.33. The number of carbonyl (C=O) groups excluding carboxylic acids is 1. The number of carbonyl (C=O) groups is 1. The summed E-state index contributed by atoms with van der Waals surface area (Å²) in [5.41, 5.74) is 1.91. The quantitative estimate of drug-likeness (QED) is 0.763. The number of hydrogen-bond acceptors (Lipinski definition) is 3. The molecule has 1 unspecified atom stereocenters. The average Bonchev–Trinajstić information content (AvgIpc) is 2.37. The Morgan fingerprint density at radius 2 is 2.21 bits per heavy atom. The van der Waals surface area contributed by atoms with Crippen molar-refractivity contribution in [2.75, 3.05) is 13.2 Å². The Bertz CT molecular complexity index is 457. The van der Waals surface area contributed by atoms with E-state index in [2.05, 4.69) is 16.7 Å². The molecule has 19 heavy (non-hydrogen) atoms. The third-order valence-corrected chi connectivity index (χ3v) is 3.57. The van der Waals surface area contributed by atoms with E-state index >= 15 is 0 Å². The monoisotopic (exact) mass is 262 g/mol. The van der Waals surface area contributed by atoms with Gasteiger partial charge in [-0.1, -0.05) is 24.3 Å². The van der Waals surface area contributed by atoms with Crippen LogP contribution in [0.3, 0.4) is 0 Å². The Hall–Kier alpha value is -1.39. The lowest BCUT2D eigenvalue weighted by atomic mass is 9.92. The van der Waals surface area contributed by atoms with Crippen LogP contribution < -0.4 is 10.6 Å². The van der Waals surface area contributed by atoms with E-state index in [1.54, 1.807) is 0 Å². The van der Waals surface area contributed by atoms with Gasteiger partial charge in [-0.15, -0.1) is 0 Å². The third-order valence-electron chi connectivity index (χ3n) is 3.57. The van der Waals surface area contributed by atoms with Crippen LogP contribution in [0.4, 0.5) is 0 Å². The van der Waals surface area contributed by atoms with E-state index in [9.17, 15) is 4.79 Å². The molecular weight excluding hydrogens is 240 g/mol. The van der Waals surface area contributed by atoms with E-state index in [1.165, 1.54) is 5.56 Å². The Labute approximate surface area is 114 Å². The average molecular weight is 262 g/mol. The lowest BCUT2D eigenvalue weighted by Gasteiger charge is -2.31. The molecule has 0 saturated carbocycles. The molecule has 1 aliphatic rings. The molecule has 3 N–H and O–H groups in total. The molecule has 1 aromatic rings. The fourth-order valence-corrected chi connectivity index (χ4v) is 2.49. The molecular formula is C15H22N2O2. The number of nitrogens with one attached hydrogen (secondary N) is 2. The van der Waals surface area contributed by atoms with E-state index in [0.29, 0.717) is 6.42 Å². The lowest BCUT2D eigenvalue weighted by Crippen LogP contribution is -2.50. The summed E-state index contributed by atoms with van der Waals surface area (Å²) in [5.74, 6) is -0.0226. The van der Waals surface area contributed by atoms with Crippen LogP contribution in [0.15, 0.2) is 24.3 Å². The van der Waals surface area contributed by atoms with E-state index < -0.39 is 0 Å². The van der Waals surface area contributed by atoms with Crippen LogP contribution >= 0.6 is 0 Å². The zero-order valence-corrected chi connectivity index (χ0v) is 11.6. The second-order valence-electron chi connectivity index (χ2n) is 5.68. The van der Waals surface area contributed by atoms with Crippen molar-refractivity contribution in [2.45, 2.75) is 38.3 Å². The first-order valence-corrected chi connectivity index (χ1v) is 6.77. The van der Waals surface area contributed by atoms with Gasteiger partial charge < -0.3 is 15.7 Å². The summed E-state index contributed by atoms with van der Waals surface area (Å²) in [4.78, 5) is 12.4. The summed E-state index contributed by atoms with van der Waals surface area (Å²) >= 11 is 0. The molecule has 4 heteroatoms. The Morgan fingerprint density at radius 3 is 2.95 bits per heavy atom. The SMILES string of the molecule is CC(C)(CCO)NC(=O)C1NCCc2ccccc21. The maximum Gasteiger partial charge on any atom is 0.242 e. The number of rotatable bonds is 4. The normalized spacial score (nSPS) is 18.8. The van der Waals surface area contributed by atoms with Crippen molar-refractivity contribution in [1.29, 1.82) is 0 Å². The van der Waals surface area contributed by atoms with Gasteiger partial charge in [-0.3, -0.25) is 4.79 Å². The summed E-state index contributed by atoms with van der Waals surface area (Å²) in [6.45, 7) is 4.74. The van der Waals surface area contributed by atoms with Gasteiger partial charge in [0.25, 0.3) is 0 Å². The van der Waals surface area contributed by atoms with Gasteiger partial charge in [-0.2, -0.15) is 0 Å². The minimum atomic E-state index is -0.389. The molecule has 0 saturated heterocycles. The standard InChI is InChI=1S/C15H22N2O2/c1-15(2,8-10-18)17-14(19)13-12-6-4-3-5-11(12)7-9-16-13/h3-6,13,16,18H,7-10H2,1-2H3,(H,17,19). The first-order chi connectivity index (χ1) is 9.03. The van der Waals surface area contributed by atoms with E-state index in [4.69, 9.17) is 5.11 Å². The minimum absolute atomic E-state index is 0.0226. The summed E-state index contributed by atoms with van der Waals surface area (Å²) in [6, 6.07) is 7.77. The molecule has 2 rings (SSSR count). The molecule has 104 valence electrons. The number of aliphatic hydroxyl groups excluding tert-OH is 1. The number of benzene rings is 1. The number of aliphatic hydroxyl groups is 1. The zero-order valence-electron chi connectivity index (χ0n) is 11.6. The van der Waals surface area contributed by atoms with Crippen molar-refractivity contribution < 1.29 is 9.90 Å². The van der Waals surface area contributed by atoms with Gasteiger partial charge in [0.2, 0.25) is 5.91 Å². The van der Waals surface area contributed by atoms with Crippen molar-refractivity contribution in [3.05, 3.63) is 35.4 Å². The van der Waals surface area contributed by atoms with E-state index in [-0.39, 0.29) is 24.1 Å². The smallest absolute Gasteiger partial charge is 0.242 e. The molecule has 0 aromatic heterocycles. The van der Waals surface area contributed by atoms with Crippen LogP contribution in [0.5, 0.6) is 0 Å². The van der Waals surface area contributed by atoms with Crippen LogP contribution in [-0.2, 0) is 11.2 Å². The van der Waals surface area contributed by atoms with Crippen molar-refractivity contribution in [1.82, 2.24) is 10.6 Å². The lowest BCUT2D eigenvalue weighted by molar-refractivity contribution is -0.125. The van der Waals surface area contributed by atoms with Gasteiger partial charge in [-0.25, -0.2) is 0 Å². The Kier molecular flexibility index (Phi) is 4.22. The van der Waals surface area contributed by atoms with Gasteiger partial charge in [0.05, 0.1) is 0 Å². The van der Waals surface area contributed by atoms with E-state index in [1.807, 2.05) is 32.0 Å². The molecule has 0 spiro atoms. The highest BCUT2D eigenvalue weighted by Gasteiger charge is 2.29. The summed E-state index contributed by atoms with van der Waals surface area (Å²) in [6.07, 6.45) is 1.51. The van der Waals surface area contributed by atoms with Crippen molar-refractivity contribution in [3.8, 4) is 0 Å². The molecule has 1 aromatic carbocycles. The highest BCUT2D eigenvalue weighted by molar-refractivity contribution is 5.84. The zero-order chi connectivity index (χ0) is 13.9. The van der Waals surface area contributed by atoms with Crippen LogP contribution in [-0.4, -0.2) is 29.7 Å². The van der Waals surface area contributed by atoms with Crippen molar-refractivity contribution in [3.63, 3.8) is 0 Å². The van der Waals surface area contributed by atoms with Gasteiger partial charge in [0, 0.05) is 18.7 Å². The minimum Gasteiger partial charge on any atom is -0.396 e. The van der Waals surface area contributed by atoms with E-state index in [0.717, 1.165) is 18.5 Å². The molecule has 0 aliphatic carbocycles. The molecule has 1 heterocycles. The predicted octanol–water partition coefficient (Wildman–Crippen LogP) is 1.15. The van der Waals surface area contributed by atoms with Gasteiger partial charge >= 0.3 is 0 Å². The fourth-order valence-electron chi connectivity index (χ4n) is 2.49. The number of fused-ring (bicyclic) bond motifs is 1. The molecule has 0 fully saturated rings. The van der Waals surface area contributed by atoms with Crippen molar-refractivity contribution in [2.24, 2.45) is 0 Å². The fraction of sp³-hybridized carbons (Fsp3) is 0.533. The van der Waals surface area contributed by atoms with Gasteiger partial charge in [0.1, 0.15) is 6.04 Å². The molecule has 0 radical (unpaired) electrons. The molecule has 0 bridgehead atoms. The number of amides is 1. The molecule has 1 atom stereocenters. The second-order valence-corrected chi connectivity index (χ2v) is 5.68. The van der Waals surface area contributed by atoms with Gasteiger partial charge in [-0.05, 0) is 37.8 Å². The van der Waals surface area contributed by atoms with Crippen LogP contribution in [0.2, 0.25) is 0 Å². The summed E-state index contributed by atoms with van der Waals surface area (Å²) < 4.78 is 0. The number of hydrogen-bond donors (Lipinski definition) is 3. The maximum absolute atomic E-state index is 12.4. The Balaban J connectivity index is 2.13. The topological polar surface area (TPSA) is 61.4 Å². The second kappa shape index (κ2) is 5.72.